The summed E-state index contributed by atoms with van der Waals surface area (Å²) < 4.78 is 0. The van der Waals surface area contributed by atoms with Gasteiger partial charge < -0.3 is 5.32 Å². The first-order valence-electron chi connectivity index (χ1n) is 6.13. The first-order chi connectivity index (χ1) is 9.10. The molecule has 2 rings (SSSR count). The zero-order chi connectivity index (χ0) is 13.8. The first kappa shape index (κ1) is 13.5. The van der Waals surface area contributed by atoms with E-state index in [4.69, 9.17) is 16.9 Å². The zero-order valence-electron chi connectivity index (χ0n) is 10.9. The normalized spacial score (nSPS) is 11.7. The van der Waals surface area contributed by atoms with Crippen LogP contribution in [0.3, 0.4) is 0 Å². The van der Waals surface area contributed by atoms with Crippen molar-refractivity contribution in [1.29, 1.82) is 5.26 Å². The van der Waals surface area contributed by atoms with Gasteiger partial charge >= 0.3 is 0 Å². The molecule has 0 aliphatic rings. The summed E-state index contributed by atoms with van der Waals surface area (Å²) in [4.78, 5) is 0. The molecule has 2 aromatic rings. The second kappa shape index (κ2) is 5.77. The van der Waals surface area contributed by atoms with E-state index in [-0.39, 0.29) is 6.04 Å². The van der Waals surface area contributed by atoms with Gasteiger partial charge in [0, 0.05) is 11.1 Å². The number of nitrogens with one attached hydrogen (secondary N) is 1. The fourth-order valence-corrected chi connectivity index (χ4v) is 2.07. The Labute approximate surface area is 118 Å². The molecule has 2 aromatic carbocycles. The number of nitrogens with zero attached hydrogens (tertiary/aromatic N) is 1. The molecule has 0 amide bonds. The fraction of sp³-hybridized carbons (Fsp3) is 0.188. The minimum absolute atomic E-state index is 0.118. The topological polar surface area (TPSA) is 35.8 Å². The van der Waals surface area contributed by atoms with E-state index in [1.807, 2.05) is 49.4 Å². The van der Waals surface area contributed by atoms with Crippen LogP contribution >= 0.6 is 11.6 Å². The second-order valence-corrected chi connectivity index (χ2v) is 5.01. The van der Waals surface area contributed by atoms with Crippen molar-refractivity contribution in [3.8, 4) is 6.07 Å². The van der Waals surface area contributed by atoms with E-state index in [2.05, 4.69) is 18.3 Å². The van der Waals surface area contributed by atoms with E-state index in [1.165, 1.54) is 0 Å². The standard InChI is InChI=1S/C16H15ClN2/c1-11-3-8-16(14(9-11)10-18)19-12(2)13-4-6-15(17)7-5-13/h3-9,12,19H,1-2H3. The Morgan fingerprint density at radius 2 is 1.84 bits per heavy atom. The summed E-state index contributed by atoms with van der Waals surface area (Å²) in [6, 6.07) is 15.9. The number of aryl methyl sites for hydroxylation is 1. The van der Waals surface area contributed by atoms with Crippen LogP contribution in [0.25, 0.3) is 0 Å². The lowest BCUT2D eigenvalue weighted by Gasteiger charge is -2.17. The predicted molar refractivity (Wildman–Crippen MR) is 79.4 cm³/mol. The minimum atomic E-state index is 0.118. The molecular formula is C16H15ClN2. The number of halogens is 1. The molecular weight excluding hydrogens is 256 g/mol. The highest BCUT2D eigenvalue weighted by molar-refractivity contribution is 6.30. The number of anilines is 1. The van der Waals surface area contributed by atoms with Crippen LogP contribution in [-0.2, 0) is 0 Å². The zero-order valence-corrected chi connectivity index (χ0v) is 11.7. The van der Waals surface area contributed by atoms with Gasteiger partial charge in [-0.25, -0.2) is 0 Å². The van der Waals surface area contributed by atoms with Crippen molar-refractivity contribution >= 4 is 17.3 Å². The lowest BCUT2D eigenvalue weighted by molar-refractivity contribution is 0.884. The van der Waals surface area contributed by atoms with Crippen molar-refractivity contribution in [1.82, 2.24) is 0 Å². The molecule has 0 fully saturated rings. The van der Waals surface area contributed by atoms with Gasteiger partial charge in [0.2, 0.25) is 0 Å². The van der Waals surface area contributed by atoms with Crippen molar-refractivity contribution < 1.29 is 0 Å². The van der Waals surface area contributed by atoms with E-state index >= 15 is 0 Å². The summed E-state index contributed by atoms with van der Waals surface area (Å²) in [6.07, 6.45) is 0. The van der Waals surface area contributed by atoms with E-state index < -0.39 is 0 Å². The summed E-state index contributed by atoms with van der Waals surface area (Å²) >= 11 is 5.88. The largest absolute Gasteiger partial charge is 0.377 e. The second-order valence-electron chi connectivity index (χ2n) is 4.58. The highest BCUT2D eigenvalue weighted by atomic mass is 35.5. The third kappa shape index (κ3) is 3.27. The Kier molecular flexibility index (Phi) is 4.09. The molecule has 0 aromatic heterocycles. The summed E-state index contributed by atoms with van der Waals surface area (Å²) in [6.45, 7) is 4.04. The molecule has 1 N–H and O–H groups in total. The van der Waals surface area contributed by atoms with Gasteiger partial charge in [-0.15, -0.1) is 0 Å². The van der Waals surface area contributed by atoms with Crippen LogP contribution in [0.2, 0.25) is 5.02 Å². The summed E-state index contributed by atoms with van der Waals surface area (Å²) in [5.41, 5.74) is 3.74. The van der Waals surface area contributed by atoms with E-state index in [0.717, 1.165) is 21.8 Å². The average molecular weight is 271 g/mol. The molecule has 2 nitrogen and oxygen atoms in total. The third-order valence-electron chi connectivity index (χ3n) is 3.04. The molecule has 0 radical (unpaired) electrons. The van der Waals surface area contributed by atoms with Gasteiger partial charge in [0.05, 0.1) is 11.3 Å². The van der Waals surface area contributed by atoms with Crippen LogP contribution in [0.5, 0.6) is 0 Å². The van der Waals surface area contributed by atoms with Gasteiger partial charge in [0.1, 0.15) is 6.07 Å². The molecule has 0 saturated heterocycles. The van der Waals surface area contributed by atoms with Crippen molar-refractivity contribution in [2.75, 3.05) is 5.32 Å². The maximum atomic E-state index is 9.16. The van der Waals surface area contributed by atoms with Crippen LogP contribution in [0, 0.1) is 18.3 Å². The molecule has 1 atom stereocenters. The summed E-state index contributed by atoms with van der Waals surface area (Å²) in [7, 11) is 0. The molecule has 1 unspecified atom stereocenters. The molecule has 19 heavy (non-hydrogen) atoms. The van der Waals surface area contributed by atoms with E-state index in [9.17, 15) is 0 Å². The van der Waals surface area contributed by atoms with Crippen LogP contribution in [0.15, 0.2) is 42.5 Å². The number of hydrogen-bond acceptors (Lipinski definition) is 2. The van der Waals surface area contributed by atoms with Gasteiger partial charge in [0.25, 0.3) is 0 Å². The number of nitriles is 1. The molecule has 0 heterocycles. The fourth-order valence-electron chi connectivity index (χ4n) is 1.94. The molecule has 0 spiro atoms. The van der Waals surface area contributed by atoms with Crippen molar-refractivity contribution in [2.24, 2.45) is 0 Å². The molecule has 0 aliphatic carbocycles. The lowest BCUT2D eigenvalue weighted by atomic mass is 10.1. The number of benzene rings is 2. The number of rotatable bonds is 3. The highest BCUT2D eigenvalue weighted by Crippen LogP contribution is 2.23. The first-order valence-corrected chi connectivity index (χ1v) is 6.50. The summed E-state index contributed by atoms with van der Waals surface area (Å²) in [5, 5.41) is 13.2. The molecule has 0 saturated carbocycles. The summed E-state index contributed by atoms with van der Waals surface area (Å²) in [5.74, 6) is 0. The molecule has 3 heteroatoms. The minimum Gasteiger partial charge on any atom is -0.377 e. The van der Waals surface area contributed by atoms with Crippen LogP contribution < -0.4 is 5.32 Å². The maximum absolute atomic E-state index is 9.16. The van der Waals surface area contributed by atoms with E-state index in [1.54, 1.807) is 0 Å². The maximum Gasteiger partial charge on any atom is 0.101 e. The van der Waals surface area contributed by atoms with Gasteiger partial charge in [0.15, 0.2) is 0 Å². The average Bonchev–Trinajstić information content (AvgIpc) is 2.41. The van der Waals surface area contributed by atoms with Crippen molar-refractivity contribution in [3.05, 3.63) is 64.2 Å². The van der Waals surface area contributed by atoms with Gasteiger partial charge in [-0.3, -0.25) is 0 Å². The molecule has 96 valence electrons. The van der Waals surface area contributed by atoms with Crippen LogP contribution in [0.4, 0.5) is 5.69 Å². The highest BCUT2D eigenvalue weighted by Gasteiger charge is 2.08. The van der Waals surface area contributed by atoms with Gasteiger partial charge in [-0.1, -0.05) is 29.8 Å². The smallest absolute Gasteiger partial charge is 0.101 e. The number of hydrogen-bond donors (Lipinski definition) is 1. The van der Waals surface area contributed by atoms with Crippen molar-refractivity contribution in [2.45, 2.75) is 19.9 Å². The van der Waals surface area contributed by atoms with Crippen LogP contribution in [0.1, 0.15) is 29.7 Å². The van der Waals surface area contributed by atoms with E-state index in [0.29, 0.717) is 5.56 Å². The van der Waals surface area contributed by atoms with Gasteiger partial charge in [-0.2, -0.15) is 5.26 Å². The Hall–Kier alpha value is -1.98. The predicted octanol–water partition coefficient (Wildman–Crippen LogP) is 4.69. The van der Waals surface area contributed by atoms with Crippen molar-refractivity contribution in [3.63, 3.8) is 0 Å². The Morgan fingerprint density at radius 1 is 1.16 bits per heavy atom. The Balaban J connectivity index is 2.21. The Morgan fingerprint density at radius 3 is 2.47 bits per heavy atom. The monoisotopic (exact) mass is 270 g/mol. The third-order valence-corrected chi connectivity index (χ3v) is 3.29. The Bertz CT molecular complexity index is 612. The molecule has 0 aliphatic heterocycles. The quantitative estimate of drug-likeness (QED) is 0.878. The van der Waals surface area contributed by atoms with Gasteiger partial charge in [-0.05, 0) is 49.2 Å². The van der Waals surface area contributed by atoms with Crippen LogP contribution in [-0.4, -0.2) is 0 Å². The lowest BCUT2D eigenvalue weighted by Crippen LogP contribution is -2.07. The SMILES string of the molecule is Cc1ccc(NC(C)c2ccc(Cl)cc2)c(C#N)c1. The molecule has 0 bridgehead atoms.